The molecule has 0 bridgehead atoms. The second-order valence-electron chi connectivity index (χ2n) is 11.3. The van der Waals surface area contributed by atoms with Crippen molar-refractivity contribution in [1.29, 1.82) is 0 Å². The van der Waals surface area contributed by atoms with Crippen molar-refractivity contribution in [3.8, 4) is 11.5 Å². The van der Waals surface area contributed by atoms with E-state index in [0.29, 0.717) is 23.3 Å². The van der Waals surface area contributed by atoms with Gasteiger partial charge in [0.2, 0.25) is 0 Å². The number of hydrogen-bond acceptors (Lipinski definition) is 6. The maximum absolute atomic E-state index is 13.4. The summed E-state index contributed by atoms with van der Waals surface area (Å²) >= 11 is 0. The Kier molecular flexibility index (Phi) is 5.35. The summed E-state index contributed by atoms with van der Waals surface area (Å²) in [5.74, 6) is 2.06. The van der Waals surface area contributed by atoms with Crippen molar-refractivity contribution in [2.24, 2.45) is 0 Å². The SMILES string of the molecule is CN(C)c1ccc2c(c1)OC(c1ccccc1)=CC21CC(C)(C)c2c(c3ccc(N(C)C)cc3oc2=O)O1. The van der Waals surface area contributed by atoms with Gasteiger partial charge in [-0.15, -0.1) is 0 Å². The topological polar surface area (TPSA) is 55.2 Å². The lowest BCUT2D eigenvalue weighted by molar-refractivity contribution is 0.0541. The van der Waals surface area contributed by atoms with Crippen LogP contribution in [0.4, 0.5) is 11.4 Å². The summed E-state index contributed by atoms with van der Waals surface area (Å²) < 4.78 is 19.4. The van der Waals surface area contributed by atoms with Crippen molar-refractivity contribution < 1.29 is 13.9 Å². The van der Waals surface area contributed by atoms with Crippen molar-refractivity contribution >= 4 is 28.1 Å². The van der Waals surface area contributed by atoms with Gasteiger partial charge in [0.1, 0.15) is 22.8 Å². The van der Waals surface area contributed by atoms with Crippen LogP contribution in [0.3, 0.4) is 0 Å². The van der Waals surface area contributed by atoms with Crippen molar-refractivity contribution in [3.05, 3.63) is 99.9 Å². The average Bonchev–Trinajstić information content (AvgIpc) is 2.87. The highest BCUT2D eigenvalue weighted by molar-refractivity contribution is 5.88. The van der Waals surface area contributed by atoms with Gasteiger partial charge in [-0.25, -0.2) is 4.79 Å². The molecular weight excluding hydrogens is 476 g/mol. The van der Waals surface area contributed by atoms with Crippen LogP contribution < -0.4 is 24.9 Å². The predicted octanol–water partition coefficient (Wildman–Crippen LogP) is 6.31. The summed E-state index contributed by atoms with van der Waals surface area (Å²) in [5.41, 5.74) is 3.23. The first kappa shape index (κ1) is 24.2. The largest absolute Gasteiger partial charge is 0.477 e. The molecule has 1 aromatic heterocycles. The van der Waals surface area contributed by atoms with Gasteiger partial charge in [-0.1, -0.05) is 44.2 Å². The number of anilines is 2. The molecule has 0 N–H and O–H groups in total. The van der Waals surface area contributed by atoms with E-state index in [2.05, 4.69) is 43.0 Å². The molecule has 1 spiro atoms. The Morgan fingerprint density at radius 2 is 1.53 bits per heavy atom. The maximum Gasteiger partial charge on any atom is 0.343 e. The maximum atomic E-state index is 13.4. The minimum atomic E-state index is -0.846. The van der Waals surface area contributed by atoms with E-state index in [1.807, 2.05) is 81.6 Å². The Hall–Kier alpha value is -4.19. The number of rotatable bonds is 3. The van der Waals surface area contributed by atoms with Gasteiger partial charge in [-0.05, 0) is 24.3 Å². The molecule has 38 heavy (non-hydrogen) atoms. The number of hydrogen-bond donors (Lipinski definition) is 0. The van der Waals surface area contributed by atoms with Gasteiger partial charge in [0.25, 0.3) is 0 Å². The Balaban J connectivity index is 1.62. The monoisotopic (exact) mass is 508 g/mol. The van der Waals surface area contributed by atoms with Crippen LogP contribution in [0, 0.1) is 0 Å². The highest BCUT2D eigenvalue weighted by atomic mass is 16.5. The second-order valence-corrected chi connectivity index (χ2v) is 11.3. The normalized spacial score (nSPS) is 19.2. The van der Waals surface area contributed by atoms with Gasteiger partial charge in [-0.3, -0.25) is 0 Å². The van der Waals surface area contributed by atoms with E-state index >= 15 is 0 Å². The molecule has 6 rings (SSSR count). The average molecular weight is 509 g/mol. The Morgan fingerprint density at radius 3 is 2.24 bits per heavy atom. The Morgan fingerprint density at radius 1 is 0.842 bits per heavy atom. The molecule has 1 unspecified atom stereocenters. The van der Waals surface area contributed by atoms with E-state index in [-0.39, 0.29) is 5.63 Å². The molecule has 3 aromatic carbocycles. The van der Waals surface area contributed by atoms with E-state index in [1.165, 1.54) is 0 Å². The lowest BCUT2D eigenvalue weighted by atomic mass is 9.69. The molecule has 0 saturated carbocycles. The van der Waals surface area contributed by atoms with Crippen LogP contribution in [0.25, 0.3) is 16.7 Å². The van der Waals surface area contributed by atoms with E-state index in [1.54, 1.807) is 0 Å². The minimum Gasteiger partial charge on any atom is -0.477 e. The van der Waals surface area contributed by atoms with Crippen LogP contribution in [0.1, 0.15) is 37.0 Å². The summed E-state index contributed by atoms with van der Waals surface area (Å²) in [4.78, 5) is 17.4. The molecule has 2 aliphatic heterocycles. The zero-order chi connectivity index (χ0) is 26.8. The number of ether oxygens (including phenoxy) is 2. The number of fused-ring (bicyclic) bond motifs is 5. The molecule has 2 aliphatic rings. The van der Waals surface area contributed by atoms with Crippen LogP contribution in [-0.2, 0) is 11.0 Å². The van der Waals surface area contributed by atoms with Crippen molar-refractivity contribution in [1.82, 2.24) is 0 Å². The third kappa shape index (κ3) is 3.74. The molecule has 0 saturated heterocycles. The van der Waals surface area contributed by atoms with E-state index < -0.39 is 11.0 Å². The highest BCUT2D eigenvalue weighted by Gasteiger charge is 2.50. The molecule has 0 radical (unpaired) electrons. The van der Waals surface area contributed by atoms with Crippen molar-refractivity contribution in [2.45, 2.75) is 31.3 Å². The summed E-state index contributed by atoms with van der Waals surface area (Å²) in [5, 5.41) is 0.782. The Labute approximate surface area is 222 Å². The lowest BCUT2D eigenvalue weighted by Gasteiger charge is -2.46. The van der Waals surface area contributed by atoms with Crippen LogP contribution in [0.2, 0.25) is 0 Å². The number of benzene rings is 3. The third-order valence-electron chi connectivity index (χ3n) is 7.61. The van der Waals surface area contributed by atoms with Crippen LogP contribution >= 0.6 is 0 Å². The van der Waals surface area contributed by atoms with Crippen molar-refractivity contribution in [2.75, 3.05) is 38.0 Å². The van der Waals surface area contributed by atoms with Gasteiger partial charge in [0.05, 0.1) is 10.9 Å². The third-order valence-corrected chi connectivity index (χ3v) is 7.61. The standard InChI is InChI=1S/C32H32N2O4/c1-31(2)19-32(38-29-23-14-12-21(33(3)4)16-25(23)37-30(35)28(29)31)18-27(20-10-8-7-9-11-20)36-26-17-22(34(5)6)13-15-24(26)32/h7-18H,19H2,1-6H3. The van der Waals surface area contributed by atoms with Crippen LogP contribution in [-0.4, -0.2) is 28.2 Å². The smallest absolute Gasteiger partial charge is 0.343 e. The second kappa shape index (κ2) is 8.42. The first-order valence-electron chi connectivity index (χ1n) is 12.8. The molecule has 0 aliphatic carbocycles. The molecule has 0 amide bonds. The molecule has 3 heterocycles. The molecule has 1 atom stereocenters. The first-order valence-corrected chi connectivity index (χ1v) is 12.8. The number of nitrogens with zero attached hydrogens (tertiary/aromatic N) is 2. The zero-order valence-electron chi connectivity index (χ0n) is 22.7. The van der Waals surface area contributed by atoms with Gasteiger partial charge >= 0.3 is 5.63 Å². The van der Waals surface area contributed by atoms with Gasteiger partial charge in [0, 0.05) is 80.7 Å². The lowest BCUT2D eigenvalue weighted by Crippen LogP contribution is -2.46. The molecule has 6 nitrogen and oxygen atoms in total. The highest BCUT2D eigenvalue weighted by Crippen LogP contribution is 2.55. The fourth-order valence-electron chi connectivity index (χ4n) is 5.73. The summed E-state index contributed by atoms with van der Waals surface area (Å²) in [6, 6.07) is 22.2. The quantitative estimate of drug-likeness (QED) is 0.302. The summed E-state index contributed by atoms with van der Waals surface area (Å²) in [6.45, 7) is 4.18. The minimum absolute atomic E-state index is 0.356. The van der Waals surface area contributed by atoms with Crippen LogP contribution in [0.5, 0.6) is 11.5 Å². The molecule has 6 heteroatoms. The fourth-order valence-corrected chi connectivity index (χ4v) is 5.73. The van der Waals surface area contributed by atoms with Crippen molar-refractivity contribution in [3.63, 3.8) is 0 Å². The van der Waals surface area contributed by atoms with E-state index in [9.17, 15) is 4.79 Å². The summed E-state index contributed by atoms with van der Waals surface area (Å²) in [6.07, 6.45) is 2.63. The van der Waals surface area contributed by atoms with Gasteiger partial charge in [0.15, 0.2) is 5.60 Å². The fraction of sp³-hybridized carbons (Fsp3) is 0.281. The van der Waals surface area contributed by atoms with Crippen LogP contribution in [0.15, 0.2) is 82.0 Å². The van der Waals surface area contributed by atoms with E-state index in [0.717, 1.165) is 39.4 Å². The molecule has 4 aromatic rings. The van der Waals surface area contributed by atoms with Gasteiger partial charge in [-0.2, -0.15) is 0 Å². The van der Waals surface area contributed by atoms with E-state index in [4.69, 9.17) is 13.9 Å². The van der Waals surface area contributed by atoms with Gasteiger partial charge < -0.3 is 23.7 Å². The zero-order valence-corrected chi connectivity index (χ0v) is 22.7. The summed E-state index contributed by atoms with van der Waals surface area (Å²) in [7, 11) is 7.95. The molecule has 194 valence electrons. The molecular formula is C32H32N2O4. The Bertz CT molecular complexity index is 1650. The predicted molar refractivity (Wildman–Crippen MR) is 153 cm³/mol. The first-order chi connectivity index (χ1) is 18.1. The molecule has 0 fully saturated rings.